The first kappa shape index (κ1) is 14.8. The third kappa shape index (κ3) is 4.18. The highest BCUT2D eigenvalue weighted by Crippen LogP contribution is 2.30. The molecule has 4 nitrogen and oxygen atoms in total. The normalized spacial score (nSPS) is 30.2. The number of aliphatic hydroxyl groups is 1. The highest BCUT2D eigenvalue weighted by molar-refractivity contribution is 5.77. The minimum atomic E-state index is -0.149. The molecular weight excluding hydrogens is 240 g/mol. The summed E-state index contributed by atoms with van der Waals surface area (Å²) in [5.41, 5.74) is 0.0253. The van der Waals surface area contributed by atoms with Crippen molar-refractivity contribution >= 4 is 5.91 Å². The number of hydrogen-bond donors (Lipinski definition) is 3. The first-order chi connectivity index (χ1) is 9.13. The van der Waals surface area contributed by atoms with Crippen LogP contribution in [0.3, 0.4) is 0 Å². The molecule has 2 aliphatic carbocycles. The van der Waals surface area contributed by atoms with Crippen LogP contribution in [0.1, 0.15) is 57.8 Å². The largest absolute Gasteiger partial charge is 0.393 e. The Bertz CT molecular complexity index is 301. The van der Waals surface area contributed by atoms with Gasteiger partial charge in [-0.25, -0.2) is 0 Å². The highest BCUT2D eigenvalue weighted by Gasteiger charge is 2.32. The van der Waals surface area contributed by atoms with E-state index in [0.29, 0.717) is 12.3 Å². The zero-order valence-electron chi connectivity index (χ0n) is 12.1. The van der Waals surface area contributed by atoms with Crippen molar-refractivity contribution in [1.82, 2.24) is 10.6 Å². The fourth-order valence-corrected chi connectivity index (χ4v) is 3.61. The van der Waals surface area contributed by atoms with E-state index in [1.165, 1.54) is 19.3 Å². The molecule has 19 heavy (non-hydrogen) atoms. The third-order valence-corrected chi connectivity index (χ3v) is 4.94. The van der Waals surface area contributed by atoms with Gasteiger partial charge in [0.15, 0.2) is 0 Å². The number of carbonyl (C=O) groups is 1. The molecule has 2 fully saturated rings. The van der Waals surface area contributed by atoms with Crippen molar-refractivity contribution < 1.29 is 9.90 Å². The molecule has 2 rings (SSSR count). The van der Waals surface area contributed by atoms with Crippen LogP contribution in [0.2, 0.25) is 0 Å². The molecule has 3 N–H and O–H groups in total. The zero-order chi connectivity index (χ0) is 13.7. The van der Waals surface area contributed by atoms with Gasteiger partial charge in [-0.1, -0.05) is 19.3 Å². The fourth-order valence-electron chi connectivity index (χ4n) is 3.61. The minimum absolute atomic E-state index is 0.0253. The van der Waals surface area contributed by atoms with Gasteiger partial charge >= 0.3 is 0 Å². The molecule has 0 aromatic carbocycles. The van der Waals surface area contributed by atoms with Crippen molar-refractivity contribution in [3.05, 3.63) is 0 Å². The van der Waals surface area contributed by atoms with E-state index in [9.17, 15) is 9.90 Å². The van der Waals surface area contributed by atoms with E-state index in [1.54, 1.807) is 0 Å². The third-order valence-electron chi connectivity index (χ3n) is 4.94. The van der Waals surface area contributed by atoms with Crippen LogP contribution in [0.15, 0.2) is 0 Å². The molecule has 0 aliphatic heterocycles. The summed E-state index contributed by atoms with van der Waals surface area (Å²) in [4.78, 5) is 12.1. The van der Waals surface area contributed by atoms with Crippen molar-refractivity contribution in [1.29, 1.82) is 0 Å². The van der Waals surface area contributed by atoms with Gasteiger partial charge in [-0.05, 0) is 45.1 Å². The van der Waals surface area contributed by atoms with E-state index in [1.807, 2.05) is 7.05 Å². The maximum Gasteiger partial charge on any atom is 0.221 e. The van der Waals surface area contributed by atoms with Gasteiger partial charge in [-0.2, -0.15) is 0 Å². The summed E-state index contributed by atoms with van der Waals surface area (Å²) in [5.74, 6) is 0.633. The molecule has 110 valence electrons. The summed E-state index contributed by atoms with van der Waals surface area (Å²) in [5, 5.41) is 15.9. The minimum Gasteiger partial charge on any atom is -0.393 e. The van der Waals surface area contributed by atoms with Gasteiger partial charge in [0.1, 0.15) is 0 Å². The molecule has 4 heteroatoms. The first-order valence-electron chi connectivity index (χ1n) is 7.77. The van der Waals surface area contributed by atoms with Crippen LogP contribution in [0.25, 0.3) is 0 Å². The first-order valence-corrected chi connectivity index (χ1v) is 7.77. The number of aliphatic hydroxyl groups excluding tert-OH is 1. The van der Waals surface area contributed by atoms with E-state index < -0.39 is 0 Å². The molecule has 0 aromatic rings. The fraction of sp³-hybridized carbons (Fsp3) is 0.933. The van der Waals surface area contributed by atoms with Gasteiger partial charge in [0.05, 0.1) is 6.10 Å². The molecule has 0 spiro atoms. The number of rotatable bonds is 5. The molecule has 0 saturated heterocycles. The topological polar surface area (TPSA) is 61.4 Å². The molecule has 0 bridgehead atoms. The van der Waals surface area contributed by atoms with Crippen molar-refractivity contribution in [2.45, 2.75) is 69.4 Å². The van der Waals surface area contributed by atoms with Crippen molar-refractivity contribution in [2.75, 3.05) is 13.6 Å². The zero-order valence-corrected chi connectivity index (χ0v) is 12.1. The summed E-state index contributed by atoms with van der Waals surface area (Å²) in [6.07, 6.45) is 9.19. The van der Waals surface area contributed by atoms with E-state index in [-0.39, 0.29) is 17.6 Å². The monoisotopic (exact) mass is 268 g/mol. The van der Waals surface area contributed by atoms with E-state index in [0.717, 1.165) is 38.6 Å². The molecular formula is C15H28N2O2. The van der Waals surface area contributed by atoms with Crippen LogP contribution in [0, 0.1) is 5.92 Å². The molecule has 0 aromatic heterocycles. The number of nitrogens with one attached hydrogen (secondary N) is 2. The van der Waals surface area contributed by atoms with Gasteiger partial charge < -0.3 is 15.7 Å². The van der Waals surface area contributed by atoms with Crippen LogP contribution in [0.4, 0.5) is 0 Å². The Kier molecular flexibility index (Phi) is 5.22. The van der Waals surface area contributed by atoms with Crippen LogP contribution >= 0.6 is 0 Å². The quantitative estimate of drug-likeness (QED) is 0.709. The number of carbonyl (C=O) groups excluding carboxylic acids is 1. The number of amides is 1. The molecule has 1 amide bonds. The Morgan fingerprint density at radius 3 is 2.58 bits per heavy atom. The Balaban J connectivity index is 1.73. The lowest BCUT2D eigenvalue weighted by Crippen LogP contribution is -2.48. The lowest BCUT2D eigenvalue weighted by Gasteiger charge is -2.36. The standard InChI is InChI=1S/C15H28N2O2/c1-16-15(7-3-2-4-8-15)10-14(19)17-11-12-5-6-13(18)9-12/h12-13,16,18H,2-11H2,1H3,(H,17,19). The Morgan fingerprint density at radius 1 is 1.26 bits per heavy atom. The van der Waals surface area contributed by atoms with Crippen molar-refractivity contribution in [3.8, 4) is 0 Å². The predicted octanol–water partition coefficient (Wildman–Crippen LogP) is 1.58. The van der Waals surface area contributed by atoms with E-state index >= 15 is 0 Å². The SMILES string of the molecule is CNC1(CC(=O)NCC2CCC(O)C2)CCCCC1. The summed E-state index contributed by atoms with van der Waals surface area (Å²) >= 11 is 0. The van der Waals surface area contributed by atoms with E-state index in [4.69, 9.17) is 0 Å². The summed E-state index contributed by atoms with van der Waals surface area (Å²) < 4.78 is 0. The van der Waals surface area contributed by atoms with Crippen LogP contribution in [0.5, 0.6) is 0 Å². The van der Waals surface area contributed by atoms with Crippen LogP contribution in [-0.2, 0) is 4.79 Å². The van der Waals surface area contributed by atoms with Crippen molar-refractivity contribution in [3.63, 3.8) is 0 Å². The van der Waals surface area contributed by atoms with Crippen LogP contribution in [-0.4, -0.2) is 36.2 Å². The van der Waals surface area contributed by atoms with Gasteiger partial charge in [0, 0.05) is 18.5 Å². The maximum absolute atomic E-state index is 12.1. The van der Waals surface area contributed by atoms with Gasteiger partial charge in [-0.15, -0.1) is 0 Å². The van der Waals surface area contributed by atoms with Crippen LogP contribution < -0.4 is 10.6 Å². The molecule has 2 aliphatic rings. The van der Waals surface area contributed by atoms with Gasteiger partial charge in [-0.3, -0.25) is 4.79 Å². The second kappa shape index (κ2) is 6.71. The second-order valence-electron chi connectivity index (χ2n) is 6.40. The lowest BCUT2D eigenvalue weighted by atomic mass is 9.79. The number of hydrogen-bond acceptors (Lipinski definition) is 3. The van der Waals surface area contributed by atoms with Gasteiger partial charge in [0.2, 0.25) is 5.91 Å². The molecule has 2 saturated carbocycles. The molecule has 0 radical (unpaired) electrons. The average molecular weight is 268 g/mol. The Labute approximate surface area is 116 Å². The Hall–Kier alpha value is -0.610. The molecule has 2 unspecified atom stereocenters. The van der Waals surface area contributed by atoms with Crippen molar-refractivity contribution in [2.24, 2.45) is 5.92 Å². The second-order valence-corrected chi connectivity index (χ2v) is 6.40. The molecule has 2 atom stereocenters. The summed E-state index contributed by atoms with van der Waals surface area (Å²) in [6, 6.07) is 0. The Morgan fingerprint density at radius 2 is 2.00 bits per heavy atom. The average Bonchev–Trinajstić information content (AvgIpc) is 2.83. The van der Waals surface area contributed by atoms with Gasteiger partial charge in [0.25, 0.3) is 0 Å². The predicted molar refractivity (Wildman–Crippen MR) is 75.9 cm³/mol. The summed E-state index contributed by atoms with van der Waals surface area (Å²) in [6.45, 7) is 0.732. The maximum atomic E-state index is 12.1. The smallest absolute Gasteiger partial charge is 0.221 e. The highest BCUT2D eigenvalue weighted by atomic mass is 16.3. The summed E-state index contributed by atoms with van der Waals surface area (Å²) in [7, 11) is 1.98. The lowest BCUT2D eigenvalue weighted by molar-refractivity contribution is -0.123. The van der Waals surface area contributed by atoms with E-state index in [2.05, 4.69) is 10.6 Å². The molecule has 0 heterocycles.